The van der Waals surface area contributed by atoms with E-state index in [2.05, 4.69) is 26.5 Å². The number of amides is 1. The lowest BCUT2D eigenvalue weighted by Crippen LogP contribution is -2.29. The zero-order chi connectivity index (χ0) is 25.2. The summed E-state index contributed by atoms with van der Waals surface area (Å²) in [5.74, 6) is 0.865. The molecule has 4 rings (SSSR count). The van der Waals surface area contributed by atoms with Crippen molar-refractivity contribution in [3.63, 3.8) is 0 Å². The number of nitrogens with one attached hydrogen (secondary N) is 1. The van der Waals surface area contributed by atoms with Gasteiger partial charge in [-0.2, -0.15) is 5.10 Å². The highest BCUT2D eigenvalue weighted by atomic mass is 79.9. The second-order valence-corrected chi connectivity index (χ2v) is 10.9. The number of carbonyl (C=O) groups is 1. The molecule has 0 saturated carbocycles. The second kappa shape index (κ2) is 10.1. The molecule has 182 valence electrons. The Labute approximate surface area is 212 Å². The Bertz CT molecular complexity index is 1410. The Morgan fingerprint density at radius 1 is 1.06 bits per heavy atom. The van der Waals surface area contributed by atoms with Crippen molar-refractivity contribution in [2.75, 3.05) is 17.4 Å². The molecule has 0 bridgehead atoms. The number of carbonyl (C=O) groups excluding carboxylic acids is 1. The van der Waals surface area contributed by atoms with Gasteiger partial charge in [-0.05, 0) is 82.9 Å². The van der Waals surface area contributed by atoms with Gasteiger partial charge in [-0.1, -0.05) is 18.2 Å². The number of aryl methyl sites for hydroxylation is 2. The van der Waals surface area contributed by atoms with Crippen molar-refractivity contribution in [2.24, 2.45) is 5.10 Å². The zero-order valence-electron chi connectivity index (χ0n) is 19.4. The fourth-order valence-electron chi connectivity index (χ4n) is 3.46. The molecule has 10 heteroatoms. The van der Waals surface area contributed by atoms with Gasteiger partial charge in [-0.15, -0.1) is 0 Å². The highest BCUT2D eigenvalue weighted by Crippen LogP contribution is 2.36. The second-order valence-electron chi connectivity index (χ2n) is 8.16. The fraction of sp³-hybridized carbons (Fsp3) is 0.200. The van der Waals surface area contributed by atoms with Crippen LogP contribution in [0.4, 0.5) is 5.69 Å². The van der Waals surface area contributed by atoms with Crippen LogP contribution in [-0.2, 0) is 16.6 Å². The molecule has 0 atom stereocenters. The predicted octanol–water partition coefficient (Wildman–Crippen LogP) is 4.52. The van der Waals surface area contributed by atoms with Gasteiger partial charge in [0.05, 0.1) is 24.7 Å². The summed E-state index contributed by atoms with van der Waals surface area (Å²) in [7, 11) is -3.50. The average molecular weight is 558 g/mol. The quantitative estimate of drug-likeness (QED) is 0.340. The Morgan fingerprint density at radius 3 is 2.40 bits per heavy atom. The number of sulfonamides is 1. The highest BCUT2D eigenvalue weighted by Gasteiger charge is 2.19. The number of halogens is 1. The minimum absolute atomic E-state index is 0.152. The van der Waals surface area contributed by atoms with E-state index in [1.165, 1.54) is 16.8 Å². The topological polar surface area (TPSA) is 97.3 Å². The summed E-state index contributed by atoms with van der Waals surface area (Å²) in [4.78, 5) is 12.5. The molecule has 1 N–H and O–H groups in total. The maximum absolute atomic E-state index is 12.5. The molecule has 35 heavy (non-hydrogen) atoms. The Morgan fingerprint density at radius 2 is 1.74 bits per heavy atom. The zero-order valence-corrected chi connectivity index (χ0v) is 21.8. The molecule has 1 amide bonds. The molecule has 1 aliphatic heterocycles. The van der Waals surface area contributed by atoms with Crippen LogP contribution in [0.2, 0.25) is 0 Å². The molecule has 0 fully saturated rings. The van der Waals surface area contributed by atoms with Crippen LogP contribution in [0.15, 0.2) is 64.2 Å². The van der Waals surface area contributed by atoms with E-state index in [1.54, 1.807) is 42.5 Å². The normalized spacial score (nSPS) is 12.7. The molecule has 3 aromatic rings. The summed E-state index contributed by atoms with van der Waals surface area (Å²) in [6.07, 6.45) is 2.69. The van der Waals surface area contributed by atoms with Crippen LogP contribution in [-0.4, -0.2) is 33.6 Å². The molecule has 0 unspecified atom stereocenters. The van der Waals surface area contributed by atoms with E-state index in [4.69, 9.17) is 9.47 Å². The van der Waals surface area contributed by atoms with Crippen molar-refractivity contribution in [1.29, 1.82) is 0 Å². The van der Waals surface area contributed by atoms with Crippen molar-refractivity contribution in [2.45, 2.75) is 20.4 Å². The number of nitrogens with zero attached hydrogens (tertiary/aromatic N) is 2. The maximum Gasteiger partial charge on any atom is 0.271 e. The standard InChI is InChI=1S/C25H24BrN3O5S/c1-16-4-9-21(10-17(16)2)29(35(3,31)32)14-18-5-7-19(8-6-18)25(30)28-27-13-20-11-23-24(12-22(20)26)34-15-33-23/h4-13H,14-15H2,1-3H3,(H,28,30)/b27-13+. The number of benzene rings is 3. The van der Waals surface area contributed by atoms with Crippen LogP contribution in [0.3, 0.4) is 0 Å². The fourth-order valence-corrected chi connectivity index (χ4v) is 4.77. The van der Waals surface area contributed by atoms with E-state index in [-0.39, 0.29) is 13.3 Å². The highest BCUT2D eigenvalue weighted by molar-refractivity contribution is 9.10. The third-order valence-corrected chi connectivity index (χ3v) is 7.41. The molecule has 1 heterocycles. The van der Waals surface area contributed by atoms with Crippen LogP contribution in [0.25, 0.3) is 0 Å². The first-order valence-electron chi connectivity index (χ1n) is 10.7. The van der Waals surface area contributed by atoms with Crippen molar-refractivity contribution < 1.29 is 22.7 Å². The number of anilines is 1. The molecule has 1 aliphatic rings. The Hall–Kier alpha value is -3.37. The van der Waals surface area contributed by atoms with E-state index >= 15 is 0 Å². The predicted molar refractivity (Wildman–Crippen MR) is 139 cm³/mol. The summed E-state index contributed by atoms with van der Waals surface area (Å²) < 4.78 is 37.7. The first-order valence-corrected chi connectivity index (χ1v) is 13.3. The van der Waals surface area contributed by atoms with Gasteiger partial charge in [0.2, 0.25) is 16.8 Å². The average Bonchev–Trinajstić information content (AvgIpc) is 3.26. The van der Waals surface area contributed by atoms with Gasteiger partial charge in [0.25, 0.3) is 5.91 Å². The SMILES string of the molecule is Cc1ccc(N(Cc2ccc(C(=O)N/N=C/c3cc4c(cc3Br)OCO4)cc2)S(C)(=O)=O)cc1C. The maximum atomic E-state index is 12.5. The van der Waals surface area contributed by atoms with Crippen molar-refractivity contribution in [3.8, 4) is 11.5 Å². The number of hydrazone groups is 1. The smallest absolute Gasteiger partial charge is 0.271 e. The van der Waals surface area contributed by atoms with Crippen LogP contribution in [0.5, 0.6) is 11.5 Å². The molecule has 0 spiro atoms. The van der Waals surface area contributed by atoms with Gasteiger partial charge in [0, 0.05) is 15.6 Å². The van der Waals surface area contributed by atoms with Gasteiger partial charge in [-0.25, -0.2) is 13.8 Å². The van der Waals surface area contributed by atoms with Crippen LogP contribution < -0.4 is 19.2 Å². The van der Waals surface area contributed by atoms with Crippen molar-refractivity contribution >= 4 is 43.8 Å². The van der Waals surface area contributed by atoms with Crippen molar-refractivity contribution in [3.05, 3.63) is 86.9 Å². The Balaban J connectivity index is 1.43. The molecule has 0 aromatic heterocycles. The van der Waals surface area contributed by atoms with E-state index in [0.29, 0.717) is 22.7 Å². The first kappa shape index (κ1) is 24.7. The van der Waals surface area contributed by atoms with Gasteiger partial charge in [0.15, 0.2) is 11.5 Å². The van der Waals surface area contributed by atoms with Crippen LogP contribution in [0, 0.1) is 13.8 Å². The minimum atomic E-state index is -3.50. The largest absolute Gasteiger partial charge is 0.454 e. The lowest BCUT2D eigenvalue weighted by molar-refractivity contribution is 0.0955. The lowest BCUT2D eigenvalue weighted by atomic mass is 10.1. The summed E-state index contributed by atoms with van der Waals surface area (Å²) >= 11 is 3.44. The molecular weight excluding hydrogens is 534 g/mol. The number of hydrogen-bond donors (Lipinski definition) is 1. The Kier molecular flexibility index (Phi) is 7.13. The minimum Gasteiger partial charge on any atom is -0.454 e. The van der Waals surface area contributed by atoms with Gasteiger partial charge >= 0.3 is 0 Å². The third-order valence-electron chi connectivity index (χ3n) is 5.58. The monoisotopic (exact) mass is 557 g/mol. The summed E-state index contributed by atoms with van der Waals surface area (Å²) in [5.41, 5.74) is 7.06. The van der Waals surface area contributed by atoms with Gasteiger partial charge in [0.1, 0.15) is 0 Å². The molecule has 0 aliphatic carbocycles. The molecule has 8 nitrogen and oxygen atoms in total. The van der Waals surface area contributed by atoms with Gasteiger partial charge < -0.3 is 9.47 Å². The van der Waals surface area contributed by atoms with E-state index < -0.39 is 15.9 Å². The van der Waals surface area contributed by atoms with E-state index in [9.17, 15) is 13.2 Å². The van der Waals surface area contributed by atoms with Crippen LogP contribution in [0.1, 0.15) is 32.6 Å². The number of rotatable bonds is 7. The third kappa shape index (κ3) is 5.83. The summed E-state index contributed by atoms with van der Waals surface area (Å²) in [5, 5.41) is 4.02. The van der Waals surface area contributed by atoms with Crippen LogP contribution >= 0.6 is 15.9 Å². The van der Waals surface area contributed by atoms with E-state index in [1.807, 2.05) is 26.0 Å². The molecule has 0 saturated heterocycles. The van der Waals surface area contributed by atoms with Crippen molar-refractivity contribution in [1.82, 2.24) is 5.43 Å². The number of fused-ring (bicyclic) bond motifs is 1. The van der Waals surface area contributed by atoms with E-state index in [0.717, 1.165) is 26.7 Å². The summed E-state index contributed by atoms with van der Waals surface area (Å²) in [6, 6.07) is 15.8. The molecule has 0 radical (unpaired) electrons. The number of hydrogen-bond acceptors (Lipinski definition) is 6. The molecule has 3 aromatic carbocycles. The number of ether oxygens (including phenoxy) is 2. The lowest BCUT2D eigenvalue weighted by Gasteiger charge is -2.23. The first-order chi connectivity index (χ1) is 16.6. The molecular formula is C25H24BrN3O5S. The summed E-state index contributed by atoms with van der Waals surface area (Å²) in [6.45, 7) is 4.24. The van der Waals surface area contributed by atoms with Gasteiger partial charge in [-0.3, -0.25) is 9.10 Å².